The van der Waals surface area contributed by atoms with Crippen LogP contribution in [0.5, 0.6) is 0 Å². The van der Waals surface area contributed by atoms with Gasteiger partial charge < -0.3 is 10.2 Å². The minimum Gasteiger partial charge on any atom is -0.326 e. The molecule has 31 heavy (non-hydrogen) atoms. The van der Waals surface area contributed by atoms with Crippen LogP contribution in [0.15, 0.2) is 35.7 Å². The molecule has 2 heterocycles. The van der Waals surface area contributed by atoms with Gasteiger partial charge in [-0.25, -0.2) is 0 Å². The van der Waals surface area contributed by atoms with Gasteiger partial charge in [-0.3, -0.25) is 14.4 Å². The summed E-state index contributed by atoms with van der Waals surface area (Å²) in [6.07, 6.45) is 3.64. The number of nitrogens with zero attached hydrogens (tertiary/aromatic N) is 1. The fraction of sp³-hybridized carbons (Fsp3) is 0.375. The minimum atomic E-state index is -0.369. The summed E-state index contributed by atoms with van der Waals surface area (Å²) in [4.78, 5) is 40.8. The lowest BCUT2D eigenvalue weighted by molar-refractivity contribution is -0.122. The average molecular weight is 457 g/mol. The summed E-state index contributed by atoms with van der Waals surface area (Å²) in [5.41, 5.74) is 4.24. The van der Waals surface area contributed by atoms with Gasteiger partial charge in [0.15, 0.2) is 5.78 Å². The summed E-state index contributed by atoms with van der Waals surface area (Å²) in [5, 5.41) is 5.36. The Kier molecular flexibility index (Phi) is 6.30. The first-order chi connectivity index (χ1) is 14.8. The minimum absolute atomic E-state index is 0.0675. The maximum absolute atomic E-state index is 13.0. The maximum atomic E-state index is 13.0. The van der Waals surface area contributed by atoms with Gasteiger partial charge in [-0.1, -0.05) is 29.8 Å². The zero-order valence-corrected chi connectivity index (χ0v) is 19.1. The lowest BCUT2D eigenvalue weighted by Gasteiger charge is -2.25. The Hall–Kier alpha value is -2.44. The third-order valence-corrected chi connectivity index (χ3v) is 7.51. The van der Waals surface area contributed by atoms with Gasteiger partial charge in [0.25, 0.3) is 5.91 Å². The zero-order chi connectivity index (χ0) is 22.1. The predicted octanol–water partition coefficient (Wildman–Crippen LogP) is 5.30. The van der Waals surface area contributed by atoms with E-state index in [1.165, 1.54) is 11.3 Å². The van der Waals surface area contributed by atoms with Gasteiger partial charge in [0, 0.05) is 40.4 Å². The van der Waals surface area contributed by atoms with E-state index in [4.69, 9.17) is 11.6 Å². The molecule has 1 aliphatic carbocycles. The normalized spacial score (nSPS) is 18.8. The van der Waals surface area contributed by atoms with Gasteiger partial charge in [-0.15, -0.1) is 11.3 Å². The first kappa shape index (κ1) is 21.8. The van der Waals surface area contributed by atoms with Crippen LogP contribution in [0.3, 0.4) is 0 Å². The Balaban J connectivity index is 1.40. The fourth-order valence-electron chi connectivity index (χ4n) is 4.24. The number of ketones is 1. The molecule has 7 heteroatoms. The van der Waals surface area contributed by atoms with E-state index in [1.807, 2.05) is 24.4 Å². The van der Waals surface area contributed by atoms with E-state index in [2.05, 4.69) is 11.9 Å². The van der Waals surface area contributed by atoms with Crippen molar-refractivity contribution >= 4 is 46.2 Å². The Morgan fingerprint density at radius 3 is 2.94 bits per heavy atom. The van der Waals surface area contributed by atoms with Gasteiger partial charge in [0.2, 0.25) is 5.91 Å². The number of carbonyl (C=O) groups is 3. The highest BCUT2D eigenvalue weighted by atomic mass is 35.5. The number of hydrogen-bond acceptors (Lipinski definition) is 4. The van der Waals surface area contributed by atoms with E-state index in [0.717, 1.165) is 34.4 Å². The second-order valence-corrected chi connectivity index (χ2v) is 9.67. The number of carbonyl (C=O) groups excluding carboxylic acids is 3. The number of hydrogen-bond donors (Lipinski definition) is 1. The largest absolute Gasteiger partial charge is 0.326 e. The highest BCUT2D eigenvalue weighted by molar-refractivity contribution is 7.10. The number of rotatable bonds is 5. The predicted molar refractivity (Wildman–Crippen MR) is 124 cm³/mol. The van der Waals surface area contributed by atoms with Crippen molar-refractivity contribution in [1.82, 2.24) is 4.90 Å². The maximum Gasteiger partial charge on any atom is 0.255 e. The van der Waals surface area contributed by atoms with E-state index in [9.17, 15) is 14.4 Å². The van der Waals surface area contributed by atoms with Crippen molar-refractivity contribution in [3.63, 3.8) is 0 Å². The van der Waals surface area contributed by atoms with E-state index >= 15 is 0 Å². The summed E-state index contributed by atoms with van der Waals surface area (Å²) in [7, 11) is 0. The van der Waals surface area contributed by atoms with Crippen LogP contribution < -0.4 is 5.32 Å². The third-order valence-electron chi connectivity index (χ3n) is 6.02. The molecule has 0 unspecified atom stereocenters. The topological polar surface area (TPSA) is 66.5 Å². The molecule has 0 spiro atoms. The number of fused-ring (bicyclic) bond motifs is 1. The van der Waals surface area contributed by atoms with Crippen LogP contribution in [-0.2, 0) is 22.6 Å². The van der Waals surface area contributed by atoms with Crippen molar-refractivity contribution < 1.29 is 14.4 Å². The van der Waals surface area contributed by atoms with Crippen LogP contribution in [0, 0.1) is 6.92 Å². The Morgan fingerprint density at radius 1 is 1.35 bits per heavy atom. The van der Waals surface area contributed by atoms with Crippen LogP contribution in [0.4, 0.5) is 5.69 Å². The average Bonchev–Trinajstić information content (AvgIpc) is 3.21. The molecular weight excluding hydrogens is 432 g/mol. The van der Waals surface area contributed by atoms with Crippen molar-refractivity contribution in [2.45, 2.75) is 58.0 Å². The summed E-state index contributed by atoms with van der Waals surface area (Å²) in [6, 6.07) is 5.07. The van der Waals surface area contributed by atoms with E-state index in [1.54, 1.807) is 11.0 Å². The summed E-state index contributed by atoms with van der Waals surface area (Å²) in [6.45, 7) is 6.32. The van der Waals surface area contributed by atoms with Crippen LogP contribution in [-0.4, -0.2) is 28.5 Å². The van der Waals surface area contributed by atoms with Crippen molar-refractivity contribution in [2.75, 3.05) is 5.32 Å². The zero-order valence-electron chi connectivity index (χ0n) is 17.5. The van der Waals surface area contributed by atoms with E-state index < -0.39 is 0 Å². The molecule has 1 fully saturated rings. The second-order valence-electron chi connectivity index (χ2n) is 8.30. The molecule has 0 bridgehead atoms. The van der Waals surface area contributed by atoms with Crippen LogP contribution in [0.1, 0.15) is 58.5 Å². The molecule has 1 N–H and O–H groups in total. The Bertz CT molecular complexity index is 1070. The number of benzene rings is 1. The molecule has 0 saturated heterocycles. The molecular formula is C24H25ClN2O3S. The van der Waals surface area contributed by atoms with Crippen LogP contribution in [0.2, 0.25) is 5.02 Å². The van der Waals surface area contributed by atoms with Gasteiger partial charge in [-0.05, 0) is 55.9 Å². The fourth-order valence-corrected chi connectivity index (χ4v) is 5.46. The summed E-state index contributed by atoms with van der Waals surface area (Å²) >= 11 is 7.64. The lowest BCUT2D eigenvalue weighted by atomic mass is 10.1. The number of thiophene rings is 1. The molecule has 162 valence electrons. The third kappa shape index (κ3) is 4.60. The lowest BCUT2D eigenvalue weighted by Crippen LogP contribution is -2.40. The SMILES string of the molecule is C=C1CCC[C@H](N2Cc3c(csc3CCC(=O)Nc3ccc(C)c(Cl)c3)C2=O)C(=O)C1. The summed E-state index contributed by atoms with van der Waals surface area (Å²) in [5.74, 6) is -0.0785. The Morgan fingerprint density at radius 2 is 2.16 bits per heavy atom. The van der Waals surface area contributed by atoms with E-state index in [-0.39, 0.29) is 23.6 Å². The number of anilines is 1. The molecule has 1 atom stereocenters. The molecule has 2 aliphatic rings. The number of halogens is 1. The van der Waals surface area contributed by atoms with Crippen molar-refractivity contribution in [3.05, 3.63) is 62.3 Å². The van der Waals surface area contributed by atoms with E-state index in [0.29, 0.717) is 48.5 Å². The summed E-state index contributed by atoms with van der Waals surface area (Å²) < 4.78 is 0. The molecule has 1 aromatic heterocycles. The standard InChI is InChI=1S/C24H25ClN2O3S/c1-14-4-3-5-20(21(28)10-14)27-12-17-18(24(27)30)13-31-22(17)8-9-23(29)26-16-7-6-15(2)19(25)11-16/h6-7,11,13,20H,1,3-5,8-10,12H2,2H3,(H,26,29)/t20-/m0/s1. The number of aryl methyl sites for hydroxylation is 2. The molecule has 1 saturated carbocycles. The van der Waals surface area contributed by atoms with Gasteiger partial charge in [0.1, 0.15) is 0 Å². The van der Waals surface area contributed by atoms with Gasteiger partial charge in [-0.2, -0.15) is 0 Å². The second kappa shape index (κ2) is 8.97. The quantitative estimate of drug-likeness (QED) is 0.490. The van der Waals surface area contributed by atoms with Crippen LogP contribution >= 0.6 is 22.9 Å². The molecule has 1 aliphatic heterocycles. The highest BCUT2D eigenvalue weighted by Crippen LogP contribution is 2.35. The van der Waals surface area contributed by atoms with Gasteiger partial charge >= 0.3 is 0 Å². The monoisotopic (exact) mass is 456 g/mol. The molecule has 1 aromatic carbocycles. The Labute approximate surface area is 191 Å². The number of Topliss-reactive ketones (excluding diaryl/α,β-unsaturated/α-hetero) is 1. The highest BCUT2D eigenvalue weighted by Gasteiger charge is 2.38. The van der Waals surface area contributed by atoms with Crippen molar-refractivity contribution in [2.24, 2.45) is 0 Å². The number of allylic oxidation sites excluding steroid dienone is 1. The number of nitrogens with one attached hydrogen (secondary N) is 1. The number of amides is 2. The molecule has 2 amide bonds. The van der Waals surface area contributed by atoms with Crippen LogP contribution in [0.25, 0.3) is 0 Å². The smallest absolute Gasteiger partial charge is 0.255 e. The molecule has 5 nitrogen and oxygen atoms in total. The molecule has 2 aromatic rings. The first-order valence-electron chi connectivity index (χ1n) is 10.5. The van der Waals surface area contributed by atoms with Gasteiger partial charge in [0.05, 0.1) is 11.6 Å². The van der Waals surface area contributed by atoms with Crippen molar-refractivity contribution in [1.29, 1.82) is 0 Å². The van der Waals surface area contributed by atoms with Crippen molar-refractivity contribution in [3.8, 4) is 0 Å². The molecule has 4 rings (SSSR count). The molecule has 0 radical (unpaired) electrons. The first-order valence-corrected chi connectivity index (χ1v) is 11.7.